The molecule has 0 unspecified atom stereocenters. The second-order valence-corrected chi connectivity index (χ2v) is 7.75. The van der Waals surface area contributed by atoms with E-state index >= 15 is 0 Å². The molecule has 28 heavy (non-hydrogen) atoms. The van der Waals surface area contributed by atoms with Crippen molar-refractivity contribution in [2.45, 2.75) is 38.6 Å². The van der Waals surface area contributed by atoms with Gasteiger partial charge in [0.25, 0.3) is 5.91 Å². The molecule has 2 fully saturated rings. The van der Waals surface area contributed by atoms with E-state index in [1.807, 2.05) is 18.2 Å². The minimum Gasteiger partial charge on any atom is -0.427 e. The minimum absolute atomic E-state index is 0.000978. The van der Waals surface area contributed by atoms with E-state index < -0.39 is 5.63 Å². The van der Waals surface area contributed by atoms with Crippen LogP contribution in [0.25, 0.3) is 0 Å². The van der Waals surface area contributed by atoms with Gasteiger partial charge >= 0.3 is 5.63 Å². The largest absolute Gasteiger partial charge is 0.427 e. The summed E-state index contributed by atoms with van der Waals surface area (Å²) in [5, 5.41) is 2.89. The lowest BCUT2D eigenvalue weighted by Crippen LogP contribution is -2.37. The lowest BCUT2D eigenvalue weighted by molar-refractivity contribution is -0.119. The second-order valence-electron chi connectivity index (χ2n) is 7.75. The van der Waals surface area contributed by atoms with Gasteiger partial charge in [-0.15, -0.1) is 0 Å². The van der Waals surface area contributed by atoms with E-state index in [0.29, 0.717) is 37.3 Å². The molecular formula is C22H24N2O4. The number of rotatable bonds is 5. The van der Waals surface area contributed by atoms with Crippen LogP contribution in [0.1, 0.15) is 40.1 Å². The third-order valence-electron chi connectivity index (χ3n) is 5.67. The zero-order valence-corrected chi connectivity index (χ0v) is 15.9. The Kier molecular flexibility index (Phi) is 5.03. The first-order valence-corrected chi connectivity index (χ1v) is 9.77. The molecule has 2 saturated heterocycles. The van der Waals surface area contributed by atoms with Gasteiger partial charge in [0, 0.05) is 31.8 Å². The van der Waals surface area contributed by atoms with Crippen molar-refractivity contribution in [1.29, 1.82) is 0 Å². The highest BCUT2D eigenvalue weighted by atomic mass is 16.4. The lowest BCUT2D eigenvalue weighted by atomic mass is 10.0. The first-order valence-electron chi connectivity index (χ1n) is 9.77. The maximum Gasteiger partial charge on any atom is 0.349 e. The smallest absolute Gasteiger partial charge is 0.349 e. The highest BCUT2D eigenvalue weighted by Crippen LogP contribution is 2.26. The Balaban J connectivity index is 1.42. The molecule has 0 spiro atoms. The van der Waals surface area contributed by atoms with Gasteiger partial charge in [0.1, 0.15) is 11.3 Å². The highest BCUT2D eigenvalue weighted by Gasteiger charge is 2.42. The summed E-state index contributed by atoms with van der Waals surface area (Å²) in [5.41, 5.74) is 1.44. The molecule has 146 valence electrons. The average Bonchev–Trinajstić information content (AvgIpc) is 3.19. The molecule has 6 heteroatoms. The Morgan fingerprint density at radius 1 is 1.18 bits per heavy atom. The van der Waals surface area contributed by atoms with Crippen molar-refractivity contribution in [3.05, 3.63) is 69.3 Å². The number of nitrogens with one attached hydrogen (secondary N) is 1. The van der Waals surface area contributed by atoms with Crippen LogP contribution in [0.2, 0.25) is 0 Å². The first kappa shape index (κ1) is 18.5. The normalized spacial score (nSPS) is 20.9. The van der Waals surface area contributed by atoms with E-state index in [4.69, 9.17) is 4.42 Å². The summed E-state index contributed by atoms with van der Waals surface area (Å²) in [4.78, 5) is 38.5. The van der Waals surface area contributed by atoms with Crippen LogP contribution >= 0.6 is 0 Å². The van der Waals surface area contributed by atoms with Gasteiger partial charge in [0.2, 0.25) is 5.91 Å². The molecule has 0 aliphatic carbocycles. The average molecular weight is 380 g/mol. The molecule has 6 nitrogen and oxygen atoms in total. The van der Waals surface area contributed by atoms with E-state index in [-0.39, 0.29) is 29.3 Å². The fraction of sp³-hybridized carbons (Fsp3) is 0.409. The molecule has 0 radical (unpaired) electrons. The number of hydrogen-bond donors (Lipinski definition) is 1. The second kappa shape index (κ2) is 7.62. The molecule has 1 aromatic carbocycles. The molecular weight excluding hydrogens is 356 g/mol. The van der Waals surface area contributed by atoms with Gasteiger partial charge in [-0.3, -0.25) is 9.59 Å². The van der Waals surface area contributed by atoms with Crippen molar-refractivity contribution < 1.29 is 14.0 Å². The van der Waals surface area contributed by atoms with E-state index in [0.717, 1.165) is 12.8 Å². The quantitative estimate of drug-likeness (QED) is 0.861. The monoisotopic (exact) mass is 380 g/mol. The van der Waals surface area contributed by atoms with E-state index in [9.17, 15) is 14.4 Å². The molecule has 2 atom stereocenters. The SMILES string of the molecule is Cc1cc(CCCc2ccccc2)oc(=O)c1C(=O)N1C[C@@H]2CC(=O)N[C@@H]2C1. The van der Waals surface area contributed by atoms with E-state index in [1.165, 1.54) is 5.56 Å². The maximum atomic E-state index is 12.9. The Bertz CT molecular complexity index is 935. The predicted octanol–water partition coefficient (Wildman–Crippen LogP) is 2.08. The number of aryl methyl sites for hydroxylation is 3. The number of amides is 2. The molecule has 1 N–H and O–H groups in total. The van der Waals surface area contributed by atoms with Crippen molar-refractivity contribution in [2.24, 2.45) is 5.92 Å². The summed E-state index contributed by atoms with van der Waals surface area (Å²) >= 11 is 0. The summed E-state index contributed by atoms with van der Waals surface area (Å²) in [6, 6.07) is 12.0. The van der Waals surface area contributed by atoms with Gasteiger partial charge in [-0.25, -0.2) is 4.79 Å². The first-order chi connectivity index (χ1) is 13.5. The fourth-order valence-electron chi connectivity index (χ4n) is 4.23. The number of hydrogen-bond acceptors (Lipinski definition) is 4. The zero-order valence-electron chi connectivity index (χ0n) is 15.9. The Labute approximate surface area is 163 Å². The van der Waals surface area contributed by atoms with Gasteiger partial charge in [0.15, 0.2) is 0 Å². The highest BCUT2D eigenvalue weighted by molar-refractivity contribution is 5.95. The van der Waals surface area contributed by atoms with E-state index in [2.05, 4.69) is 17.4 Å². The van der Waals surface area contributed by atoms with Crippen LogP contribution < -0.4 is 10.9 Å². The number of carbonyl (C=O) groups excluding carboxylic acids is 2. The van der Waals surface area contributed by atoms with Gasteiger partial charge in [-0.2, -0.15) is 0 Å². The number of likely N-dealkylation sites (tertiary alicyclic amines) is 1. The van der Waals surface area contributed by atoms with Gasteiger partial charge in [0.05, 0.1) is 6.04 Å². The Morgan fingerprint density at radius 2 is 1.96 bits per heavy atom. The Morgan fingerprint density at radius 3 is 2.68 bits per heavy atom. The number of benzene rings is 1. The number of carbonyl (C=O) groups is 2. The summed E-state index contributed by atoms with van der Waals surface area (Å²) in [6.45, 7) is 2.73. The van der Waals surface area contributed by atoms with Crippen LogP contribution in [0.4, 0.5) is 0 Å². The zero-order chi connectivity index (χ0) is 19.7. The van der Waals surface area contributed by atoms with Crippen molar-refractivity contribution in [3.8, 4) is 0 Å². The summed E-state index contributed by atoms with van der Waals surface area (Å²) in [6.07, 6.45) is 2.88. The van der Waals surface area contributed by atoms with Crippen molar-refractivity contribution >= 4 is 11.8 Å². The molecule has 2 aliphatic rings. The van der Waals surface area contributed by atoms with Gasteiger partial charge in [-0.1, -0.05) is 30.3 Å². The van der Waals surface area contributed by atoms with Crippen LogP contribution in [0.15, 0.2) is 45.6 Å². The van der Waals surface area contributed by atoms with Crippen molar-refractivity contribution in [2.75, 3.05) is 13.1 Å². The third-order valence-corrected chi connectivity index (χ3v) is 5.67. The van der Waals surface area contributed by atoms with Crippen molar-refractivity contribution in [3.63, 3.8) is 0 Å². The molecule has 2 aromatic rings. The van der Waals surface area contributed by atoms with Crippen LogP contribution in [0, 0.1) is 12.8 Å². The fourth-order valence-corrected chi connectivity index (χ4v) is 4.23. The lowest BCUT2D eigenvalue weighted by Gasteiger charge is -2.18. The predicted molar refractivity (Wildman–Crippen MR) is 104 cm³/mol. The minimum atomic E-state index is -0.569. The van der Waals surface area contributed by atoms with Crippen LogP contribution in [-0.4, -0.2) is 35.8 Å². The number of nitrogens with zero attached hydrogens (tertiary/aromatic N) is 1. The van der Waals surface area contributed by atoms with Crippen LogP contribution in [-0.2, 0) is 17.6 Å². The van der Waals surface area contributed by atoms with Crippen LogP contribution in [0.3, 0.4) is 0 Å². The van der Waals surface area contributed by atoms with Gasteiger partial charge in [-0.05, 0) is 37.0 Å². The van der Waals surface area contributed by atoms with E-state index in [1.54, 1.807) is 17.9 Å². The maximum absolute atomic E-state index is 12.9. The summed E-state index contributed by atoms with van der Waals surface area (Å²) < 4.78 is 5.45. The standard InChI is InChI=1S/C22H24N2O4/c1-14-10-17(9-5-8-15-6-3-2-4-7-15)28-22(27)20(14)21(26)24-12-16-11-19(25)23-18(16)13-24/h2-4,6-7,10,16,18H,5,8-9,11-13H2,1H3,(H,23,25)/t16-,18+/m0/s1. The molecule has 0 saturated carbocycles. The molecule has 3 heterocycles. The third kappa shape index (κ3) is 3.72. The summed E-state index contributed by atoms with van der Waals surface area (Å²) in [5.74, 6) is 0.491. The molecule has 4 rings (SSSR count). The molecule has 1 aromatic heterocycles. The number of fused-ring (bicyclic) bond motifs is 1. The summed E-state index contributed by atoms with van der Waals surface area (Å²) in [7, 11) is 0. The van der Waals surface area contributed by atoms with Crippen molar-refractivity contribution in [1.82, 2.24) is 10.2 Å². The Hall–Kier alpha value is -2.89. The van der Waals surface area contributed by atoms with Crippen LogP contribution in [0.5, 0.6) is 0 Å². The topological polar surface area (TPSA) is 79.6 Å². The molecule has 0 bridgehead atoms. The molecule has 2 aliphatic heterocycles. The molecule has 2 amide bonds. The van der Waals surface area contributed by atoms with Gasteiger partial charge < -0.3 is 14.6 Å².